The van der Waals surface area contributed by atoms with Gasteiger partial charge in [0.25, 0.3) is 0 Å². The van der Waals surface area contributed by atoms with Crippen molar-refractivity contribution in [2.24, 2.45) is 5.92 Å². The van der Waals surface area contributed by atoms with Crippen LogP contribution in [-0.4, -0.2) is 41.4 Å². The molecule has 37 heavy (non-hydrogen) atoms. The second kappa shape index (κ2) is 10.7. The number of ether oxygens (including phenoxy) is 1. The van der Waals surface area contributed by atoms with E-state index in [0.717, 1.165) is 13.8 Å². The topological polar surface area (TPSA) is 86.7 Å². The lowest BCUT2D eigenvalue weighted by Gasteiger charge is -2.38. The summed E-state index contributed by atoms with van der Waals surface area (Å²) < 4.78 is 118. The van der Waals surface area contributed by atoms with Crippen molar-refractivity contribution >= 4 is 57.1 Å². The standard InChI is InChI=1S/C22H16F8I2O5/c1-9(2)16(20(23,24)18(35)36)37-17(34)12-5-3-10(7-13(12)31)19(21(25,26)27,22(28,29)30)11-4-6-15(33)14(32)8-11/h3-9,16,33H,1-2H3,(H,35,36)/p-1. The van der Waals surface area contributed by atoms with Gasteiger partial charge in [-0.05, 0) is 86.5 Å². The van der Waals surface area contributed by atoms with Crippen molar-refractivity contribution in [3.8, 4) is 5.75 Å². The number of carbonyl (C=O) groups is 2. The number of hydrogen-bond acceptors (Lipinski definition) is 5. The number of hydrogen-bond donors (Lipinski definition) is 1. The minimum atomic E-state index is -5.96. The number of aromatic hydroxyl groups is 1. The highest BCUT2D eigenvalue weighted by Gasteiger charge is 2.72. The minimum Gasteiger partial charge on any atom is -0.544 e. The van der Waals surface area contributed by atoms with E-state index in [2.05, 4.69) is 4.74 Å². The highest BCUT2D eigenvalue weighted by molar-refractivity contribution is 14.1. The SMILES string of the molecule is CC(C)C(OC(=O)c1ccc(C(c2ccc(O)c(I)c2)(C(F)(F)F)C(F)(F)F)cc1I)C(F)(F)C(=O)[O-]. The Balaban J connectivity index is 2.71. The first-order valence-electron chi connectivity index (χ1n) is 9.92. The summed E-state index contributed by atoms with van der Waals surface area (Å²) in [4.78, 5) is 23.3. The molecule has 0 aliphatic carbocycles. The van der Waals surface area contributed by atoms with E-state index in [4.69, 9.17) is 0 Å². The van der Waals surface area contributed by atoms with E-state index in [9.17, 15) is 54.9 Å². The van der Waals surface area contributed by atoms with Gasteiger partial charge >= 0.3 is 24.2 Å². The molecular formula is C22H15F8I2O5-. The molecule has 0 spiro atoms. The Morgan fingerprint density at radius 1 is 0.865 bits per heavy atom. The zero-order chi connectivity index (χ0) is 28.7. The second-order valence-electron chi connectivity index (χ2n) is 8.09. The fourth-order valence-electron chi connectivity index (χ4n) is 3.56. The van der Waals surface area contributed by atoms with Crippen LogP contribution in [0.15, 0.2) is 36.4 Å². The van der Waals surface area contributed by atoms with Gasteiger partial charge in [-0.3, -0.25) is 0 Å². The van der Waals surface area contributed by atoms with Crippen LogP contribution in [-0.2, 0) is 14.9 Å². The smallest absolute Gasteiger partial charge is 0.411 e. The molecule has 0 aliphatic rings. The summed E-state index contributed by atoms with van der Waals surface area (Å²) >= 11 is 2.59. The zero-order valence-electron chi connectivity index (χ0n) is 18.5. The lowest BCUT2D eigenvalue weighted by atomic mass is 9.72. The Kier molecular flexibility index (Phi) is 9.04. The third-order valence-electron chi connectivity index (χ3n) is 5.32. The average molecular weight is 765 g/mol. The number of phenols is 1. The number of benzene rings is 2. The van der Waals surface area contributed by atoms with Crippen LogP contribution in [0.25, 0.3) is 0 Å². The largest absolute Gasteiger partial charge is 0.544 e. The highest BCUT2D eigenvalue weighted by Crippen LogP contribution is 2.56. The van der Waals surface area contributed by atoms with Crippen LogP contribution in [0.1, 0.15) is 35.3 Å². The number of esters is 1. The van der Waals surface area contributed by atoms with Gasteiger partial charge in [-0.2, -0.15) is 35.1 Å². The van der Waals surface area contributed by atoms with Crippen LogP contribution in [0.3, 0.4) is 0 Å². The second-order valence-corrected chi connectivity index (χ2v) is 10.4. The van der Waals surface area contributed by atoms with Crippen molar-refractivity contribution in [3.05, 3.63) is 60.2 Å². The van der Waals surface area contributed by atoms with E-state index in [-0.39, 0.29) is 3.57 Å². The number of carboxylic acids is 1. The number of halogens is 10. The van der Waals surface area contributed by atoms with Gasteiger partial charge < -0.3 is 19.7 Å². The summed E-state index contributed by atoms with van der Waals surface area (Å²) in [6.07, 6.45) is -14.5. The predicted molar refractivity (Wildman–Crippen MR) is 127 cm³/mol. The van der Waals surface area contributed by atoms with Crippen LogP contribution >= 0.6 is 45.2 Å². The van der Waals surface area contributed by atoms with Crippen molar-refractivity contribution in [1.29, 1.82) is 0 Å². The lowest BCUT2D eigenvalue weighted by Crippen LogP contribution is -2.55. The van der Waals surface area contributed by atoms with Gasteiger partial charge in [-0.1, -0.05) is 26.0 Å². The Bertz CT molecular complexity index is 1180. The maximum Gasteiger partial charge on any atom is 0.411 e. The van der Waals surface area contributed by atoms with Gasteiger partial charge in [0.1, 0.15) is 11.7 Å². The number of carboxylic acid groups (broad SMARTS) is 1. The fourth-order valence-corrected chi connectivity index (χ4v) is 4.81. The van der Waals surface area contributed by atoms with E-state index in [1.165, 1.54) is 45.2 Å². The van der Waals surface area contributed by atoms with Gasteiger partial charge in [0.2, 0.25) is 5.41 Å². The Morgan fingerprint density at radius 2 is 1.32 bits per heavy atom. The van der Waals surface area contributed by atoms with Crippen LogP contribution in [0.5, 0.6) is 5.75 Å². The summed E-state index contributed by atoms with van der Waals surface area (Å²) in [6, 6.07) is 2.93. The molecule has 1 N–H and O–H groups in total. The number of alkyl halides is 8. The van der Waals surface area contributed by atoms with E-state index in [0.29, 0.717) is 36.4 Å². The number of carbonyl (C=O) groups excluding carboxylic acids is 2. The minimum absolute atomic E-state index is 0.295. The average Bonchev–Trinajstić information content (AvgIpc) is 2.72. The van der Waals surface area contributed by atoms with Crippen LogP contribution in [0.4, 0.5) is 35.1 Å². The molecule has 0 bridgehead atoms. The normalized spacial score (nSPS) is 14.0. The molecule has 0 aliphatic heterocycles. The van der Waals surface area contributed by atoms with Crippen LogP contribution in [0.2, 0.25) is 0 Å². The molecular weight excluding hydrogens is 750 g/mol. The van der Waals surface area contributed by atoms with E-state index < -0.39 is 73.7 Å². The summed E-state index contributed by atoms with van der Waals surface area (Å²) in [5.74, 6) is -10.9. The molecule has 0 radical (unpaired) electrons. The zero-order valence-corrected chi connectivity index (χ0v) is 22.8. The third kappa shape index (κ3) is 5.75. The molecule has 2 rings (SSSR count). The number of phenolic OH excluding ortho intramolecular Hbond substituents is 1. The molecule has 0 heterocycles. The first-order valence-corrected chi connectivity index (χ1v) is 12.1. The van der Waals surface area contributed by atoms with Crippen LogP contribution in [0, 0.1) is 13.1 Å². The Hall–Kier alpha value is -1.92. The maximum atomic E-state index is 14.3. The van der Waals surface area contributed by atoms with Crippen molar-refractivity contribution in [2.75, 3.05) is 0 Å². The van der Waals surface area contributed by atoms with E-state index in [1.54, 1.807) is 0 Å². The maximum absolute atomic E-state index is 14.3. The number of rotatable bonds is 7. The van der Waals surface area contributed by atoms with Gasteiger partial charge in [-0.25, -0.2) is 4.79 Å². The summed E-state index contributed by atoms with van der Waals surface area (Å²) in [7, 11) is 0. The molecule has 5 nitrogen and oxygen atoms in total. The molecule has 0 saturated heterocycles. The number of aliphatic carboxylic acids is 1. The van der Waals surface area contributed by atoms with Crippen LogP contribution < -0.4 is 5.11 Å². The van der Waals surface area contributed by atoms with E-state index in [1.807, 2.05) is 0 Å². The summed E-state index contributed by atoms with van der Waals surface area (Å²) in [5.41, 5.74) is -7.90. The highest BCUT2D eigenvalue weighted by atomic mass is 127. The van der Waals surface area contributed by atoms with Gasteiger partial charge in [0, 0.05) is 3.57 Å². The van der Waals surface area contributed by atoms with Gasteiger partial charge in [-0.15, -0.1) is 0 Å². The van der Waals surface area contributed by atoms with Crippen molar-refractivity contribution < 1.29 is 59.7 Å². The molecule has 2 aromatic carbocycles. The first kappa shape index (κ1) is 31.3. The van der Waals surface area contributed by atoms with Gasteiger partial charge in [0.15, 0.2) is 6.10 Å². The first-order chi connectivity index (χ1) is 16.7. The molecule has 204 valence electrons. The van der Waals surface area contributed by atoms with Crippen molar-refractivity contribution in [3.63, 3.8) is 0 Å². The fraction of sp³-hybridized carbons (Fsp3) is 0.364. The monoisotopic (exact) mass is 765 g/mol. The molecule has 2 aromatic rings. The molecule has 1 unspecified atom stereocenters. The molecule has 0 saturated carbocycles. The van der Waals surface area contributed by atoms with E-state index >= 15 is 0 Å². The molecule has 0 fully saturated rings. The summed E-state index contributed by atoms with van der Waals surface area (Å²) in [5, 5.41) is 20.4. The Labute approximate surface area is 231 Å². The summed E-state index contributed by atoms with van der Waals surface area (Å²) in [6.45, 7) is 2.20. The van der Waals surface area contributed by atoms with Crippen molar-refractivity contribution in [1.82, 2.24) is 0 Å². The molecule has 0 aromatic heterocycles. The Morgan fingerprint density at radius 3 is 1.70 bits per heavy atom. The third-order valence-corrected chi connectivity index (χ3v) is 7.08. The lowest BCUT2D eigenvalue weighted by molar-refractivity contribution is -0.337. The molecule has 0 amide bonds. The van der Waals surface area contributed by atoms with Crippen molar-refractivity contribution in [2.45, 2.75) is 43.6 Å². The quantitative estimate of drug-likeness (QED) is 0.226. The molecule has 15 heteroatoms. The van der Waals surface area contributed by atoms with Gasteiger partial charge in [0.05, 0.1) is 9.13 Å². The molecule has 1 atom stereocenters. The predicted octanol–water partition coefficient (Wildman–Crippen LogP) is 5.58.